The van der Waals surface area contributed by atoms with Crippen molar-refractivity contribution in [2.45, 2.75) is 112 Å². The Labute approximate surface area is 297 Å². The fourth-order valence-electron chi connectivity index (χ4n) is 6.76. The van der Waals surface area contributed by atoms with Crippen LogP contribution in [-0.2, 0) is 21.7 Å². The minimum atomic E-state index is -0.390. The van der Waals surface area contributed by atoms with Gasteiger partial charge in [0.1, 0.15) is 0 Å². The summed E-state index contributed by atoms with van der Waals surface area (Å²) in [5.41, 5.74) is 11.9. The fourth-order valence-corrected chi connectivity index (χ4v) is 6.76. The molecular weight excluding hydrogens is 579 g/mol. The van der Waals surface area contributed by atoms with E-state index < -0.39 is 0 Å². The molecule has 1 heteroatoms. The van der Waals surface area contributed by atoms with E-state index in [0.29, 0.717) is 5.56 Å². The van der Waals surface area contributed by atoms with Gasteiger partial charge in [0.25, 0.3) is 0 Å². The van der Waals surface area contributed by atoms with Crippen LogP contribution >= 0.6 is 0 Å². The molecule has 0 saturated heterocycles. The van der Waals surface area contributed by atoms with Crippen molar-refractivity contribution in [2.75, 3.05) is 0 Å². The fraction of sp³-hybridized carbons (Fsp3) is 0.362. The van der Waals surface area contributed by atoms with E-state index in [1.807, 2.05) is 12.1 Å². The summed E-state index contributed by atoms with van der Waals surface area (Å²) in [5.74, 6) is 0. The molecule has 48 heavy (non-hydrogen) atoms. The van der Waals surface area contributed by atoms with Crippen LogP contribution in [0.1, 0.15) is 118 Å². The van der Waals surface area contributed by atoms with E-state index in [1.165, 1.54) is 22.3 Å². The number of rotatable bonds is 3. The topological polar surface area (TPSA) is 4.93 Å². The van der Waals surface area contributed by atoms with Crippen LogP contribution in [0.5, 0.6) is 0 Å². The zero-order valence-corrected chi connectivity index (χ0v) is 31.3. The zero-order chi connectivity index (χ0) is 39.3. The normalized spacial score (nSPS) is 14.6. The second-order valence-electron chi connectivity index (χ2n) is 17.7. The van der Waals surface area contributed by atoms with E-state index in [1.54, 1.807) is 0 Å². The molecule has 0 aliphatic rings. The molecule has 0 N–H and O–H groups in total. The Morgan fingerprint density at radius 2 is 0.958 bits per heavy atom. The molecule has 0 atom stereocenters. The highest BCUT2D eigenvalue weighted by Crippen LogP contribution is 2.44. The van der Waals surface area contributed by atoms with Crippen molar-refractivity contribution in [1.82, 2.24) is 4.57 Å². The first-order valence-electron chi connectivity index (χ1n) is 19.8. The predicted molar refractivity (Wildman–Crippen MR) is 211 cm³/mol. The SMILES string of the molecule is [2H]c1c([2H])c([2H])c(-c2cccc3c2c2c(C)c(-c4cc(C(C)(C)C)cc(C(C)(C)C)c4)ccc2n3-c2cc(C(C)(C)C)cc(C(C)(C)C)c2)c([2H])c1[2H]. The maximum atomic E-state index is 9.04. The number of fused-ring (bicyclic) bond motifs is 3. The smallest absolute Gasteiger partial charge is 0.0629 e. The Bertz CT molecular complexity index is 2340. The maximum absolute atomic E-state index is 9.04. The van der Waals surface area contributed by atoms with Gasteiger partial charge < -0.3 is 4.57 Å². The molecule has 6 rings (SSSR count). The highest BCUT2D eigenvalue weighted by molar-refractivity contribution is 6.18. The number of hydrogen-bond donors (Lipinski definition) is 0. The van der Waals surface area contributed by atoms with Crippen LogP contribution in [0.25, 0.3) is 49.7 Å². The third-order valence-corrected chi connectivity index (χ3v) is 9.87. The molecule has 0 aliphatic carbocycles. The van der Waals surface area contributed by atoms with Crippen LogP contribution < -0.4 is 0 Å². The van der Waals surface area contributed by atoms with Crippen molar-refractivity contribution in [3.8, 4) is 27.9 Å². The molecule has 0 unspecified atom stereocenters. The van der Waals surface area contributed by atoms with E-state index in [2.05, 4.69) is 149 Å². The van der Waals surface area contributed by atoms with Gasteiger partial charge in [0.15, 0.2) is 0 Å². The number of aromatic nitrogens is 1. The molecule has 1 heterocycles. The van der Waals surface area contributed by atoms with Gasteiger partial charge >= 0.3 is 0 Å². The highest BCUT2D eigenvalue weighted by atomic mass is 15.0. The second kappa shape index (κ2) is 11.5. The minimum absolute atomic E-state index is 0.0545. The van der Waals surface area contributed by atoms with Gasteiger partial charge in [0, 0.05) is 16.5 Å². The predicted octanol–water partition coefficient (Wildman–Crippen LogP) is 13.6. The summed E-state index contributed by atoms with van der Waals surface area (Å²) in [4.78, 5) is 0. The molecule has 0 aliphatic heterocycles. The molecular formula is C47H55N. The summed E-state index contributed by atoms with van der Waals surface area (Å²) < 4.78 is 45.9. The quantitative estimate of drug-likeness (QED) is 0.182. The Balaban J connectivity index is 1.83. The van der Waals surface area contributed by atoms with E-state index in [-0.39, 0.29) is 57.4 Å². The molecule has 0 bridgehead atoms. The first kappa shape index (κ1) is 27.8. The van der Waals surface area contributed by atoms with Crippen LogP contribution in [0.4, 0.5) is 0 Å². The lowest BCUT2D eigenvalue weighted by atomic mass is 9.78. The Morgan fingerprint density at radius 3 is 1.46 bits per heavy atom. The van der Waals surface area contributed by atoms with Crippen LogP contribution in [-0.4, -0.2) is 4.57 Å². The van der Waals surface area contributed by atoms with Crippen molar-refractivity contribution in [1.29, 1.82) is 0 Å². The zero-order valence-electron chi connectivity index (χ0n) is 36.3. The van der Waals surface area contributed by atoms with Gasteiger partial charge in [-0.3, -0.25) is 0 Å². The second-order valence-corrected chi connectivity index (χ2v) is 17.7. The van der Waals surface area contributed by atoms with Crippen molar-refractivity contribution >= 4 is 21.8 Å². The van der Waals surface area contributed by atoms with Gasteiger partial charge in [-0.25, -0.2) is 0 Å². The number of nitrogens with zero attached hydrogens (tertiary/aromatic N) is 1. The molecule has 0 fully saturated rings. The molecule has 0 radical (unpaired) electrons. The van der Waals surface area contributed by atoms with E-state index in [4.69, 9.17) is 6.85 Å². The third kappa shape index (κ3) is 6.13. The van der Waals surface area contributed by atoms with Gasteiger partial charge in [-0.15, -0.1) is 0 Å². The van der Waals surface area contributed by atoms with Crippen molar-refractivity contribution in [3.05, 3.63) is 125 Å². The monoisotopic (exact) mass is 638 g/mol. The molecule has 0 spiro atoms. The van der Waals surface area contributed by atoms with Gasteiger partial charge in [-0.1, -0.05) is 156 Å². The lowest BCUT2D eigenvalue weighted by Gasteiger charge is -2.27. The minimum Gasteiger partial charge on any atom is -0.309 e. The summed E-state index contributed by atoms with van der Waals surface area (Å²) in [6, 6.07) is 22.9. The number of benzene rings is 5. The summed E-state index contributed by atoms with van der Waals surface area (Å²) in [6.07, 6.45) is 0. The molecule has 248 valence electrons. The lowest BCUT2D eigenvalue weighted by molar-refractivity contribution is 0.568. The van der Waals surface area contributed by atoms with Crippen LogP contribution in [0, 0.1) is 6.92 Å². The van der Waals surface area contributed by atoms with Crippen molar-refractivity contribution < 1.29 is 6.85 Å². The first-order chi connectivity index (χ1) is 24.3. The third-order valence-electron chi connectivity index (χ3n) is 9.87. The van der Waals surface area contributed by atoms with Crippen molar-refractivity contribution in [2.24, 2.45) is 0 Å². The standard InChI is InChI=1S/C47H55N/c1-30-38(32-24-33(44(2,3)4)26-34(25-32)45(5,6)7)22-23-41-42(30)43-39(31-18-15-14-16-19-31)20-17-21-40(43)48(41)37-28-35(46(8,9)10)27-36(29-37)47(11,12)13/h14-29H,1-13H3/i14D,15D,16D,18D,19D. The average molecular weight is 639 g/mol. The maximum Gasteiger partial charge on any atom is 0.0629 e. The molecule has 0 saturated carbocycles. The molecule has 0 amide bonds. The Hall–Kier alpha value is -4.10. The van der Waals surface area contributed by atoms with E-state index >= 15 is 0 Å². The summed E-state index contributed by atoms with van der Waals surface area (Å²) in [7, 11) is 0. The van der Waals surface area contributed by atoms with Crippen LogP contribution in [0.15, 0.2) is 96.9 Å². The van der Waals surface area contributed by atoms with E-state index in [0.717, 1.165) is 44.2 Å². The molecule has 5 aromatic carbocycles. The Kier molecular flexibility index (Phi) is 6.67. The van der Waals surface area contributed by atoms with Crippen LogP contribution in [0.2, 0.25) is 0 Å². The van der Waals surface area contributed by atoms with Gasteiger partial charge in [0.2, 0.25) is 0 Å². The first-order valence-corrected chi connectivity index (χ1v) is 17.3. The molecule has 1 nitrogen and oxygen atoms in total. The summed E-state index contributed by atoms with van der Waals surface area (Å²) in [5, 5.41) is 1.89. The largest absolute Gasteiger partial charge is 0.309 e. The molecule has 6 aromatic rings. The van der Waals surface area contributed by atoms with E-state index in [9.17, 15) is 0 Å². The number of hydrogen-bond acceptors (Lipinski definition) is 0. The summed E-state index contributed by atoms with van der Waals surface area (Å²) in [6.45, 7) is 29.2. The van der Waals surface area contributed by atoms with Gasteiger partial charge in [-0.05, 0) is 103 Å². The van der Waals surface area contributed by atoms with Crippen molar-refractivity contribution in [3.63, 3.8) is 0 Å². The van der Waals surface area contributed by atoms with Gasteiger partial charge in [0.05, 0.1) is 17.9 Å². The summed E-state index contributed by atoms with van der Waals surface area (Å²) >= 11 is 0. The highest BCUT2D eigenvalue weighted by Gasteiger charge is 2.26. The van der Waals surface area contributed by atoms with Gasteiger partial charge in [-0.2, -0.15) is 0 Å². The molecule has 1 aromatic heterocycles. The number of aryl methyl sites for hydroxylation is 1. The lowest BCUT2D eigenvalue weighted by Crippen LogP contribution is -2.17. The average Bonchev–Trinajstić information content (AvgIpc) is 3.40. The Morgan fingerprint density at radius 1 is 0.479 bits per heavy atom. The van der Waals surface area contributed by atoms with Crippen LogP contribution in [0.3, 0.4) is 0 Å².